The minimum atomic E-state index is -0.334. The van der Waals surface area contributed by atoms with E-state index in [4.69, 9.17) is 0 Å². The van der Waals surface area contributed by atoms with Gasteiger partial charge in [-0.3, -0.25) is 14.7 Å². The highest BCUT2D eigenvalue weighted by molar-refractivity contribution is 7.13. The molecule has 0 saturated heterocycles. The van der Waals surface area contributed by atoms with E-state index in [0.29, 0.717) is 11.4 Å². The van der Waals surface area contributed by atoms with Crippen LogP contribution < -0.4 is 10.6 Å². The van der Waals surface area contributed by atoms with Crippen LogP contribution in [-0.4, -0.2) is 28.6 Å². The highest BCUT2D eigenvalue weighted by atomic mass is 32.1. The Kier molecular flexibility index (Phi) is 5.41. The highest BCUT2D eigenvalue weighted by Gasteiger charge is 2.15. The third-order valence-electron chi connectivity index (χ3n) is 4.05. The number of nitrogens with zero attached hydrogens (tertiary/aromatic N) is 1. The fraction of sp³-hybridized carbons (Fsp3) is 0.250. The third-order valence-corrected chi connectivity index (χ3v) is 4.96. The molecule has 2 heterocycles. The molecule has 0 saturated carbocycles. The van der Waals surface area contributed by atoms with Crippen LogP contribution in [0.15, 0.2) is 47.8 Å². The van der Waals surface area contributed by atoms with Crippen LogP contribution in [0, 0.1) is 0 Å². The molecule has 0 bridgehead atoms. The number of anilines is 1. The van der Waals surface area contributed by atoms with Crippen molar-refractivity contribution in [1.82, 2.24) is 15.5 Å². The highest BCUT2D eigenvalue weighted by Crippen LogP contribution is 2.24. The average Bonchev–Trinajstić information content (AvgIpc) is 3.30. The Labute approximate surface area is 162 Å². The van der Waals surface area contributed by atoms with Crippen molar-refractivity contribution in [3.05, 3.63) is 59.0 Å². The lowest BCUT2D eigenvalue weighted by atomic mass is 9.87. The van der Waals surface area contributed by atoms with Crippen molar-refractivity contribution in [2.75, 3.05) is 11.9 Å². The summed E-state index contributed by atoms with van der Waals surface area (Å²) in [6, 6.07) is 13.1. The molecule has 27 heavy (non-hydrogen) atoms. The number of carbonyl (C=O) groups excluding carboxylic acids is 2. The number of benzene rings is 1. The van der Waals surface area contributed by atoms with Gasteiger partial charge >= 0.3 is 0 Å². The van der Waals surface area contributed by atoms with Crippen molar-refractivity contribution in [1.29, 1.82) is 0 Å². The SMILES string of the molecule is CC(C)(C)c1ccc(C(=O)NCC(=O)Nc2cc(-c3cccs3)[nH]n2)cc1. The van der Waals surface area contributed by atoms with Crippen LogP contribution in [0.2, 0.25) is 0 Å². The maximum absolute atomic E-state index is 12.2. The van der Waals surface area contributed by atoms with Crippen LogP contribution >= 0.6 is 11.3 Å². The van der Waals surface area contributed by atoms with Crippen molar-refractivity contribution in [2.24, 2.45) is 0 Å². The van der Waals surface area contributed by atoms with E-state index in [0.717, 1.165) is 16.1 Å². The van der Waals surface area contributed by atoms with Crippen LogP contribution in [0.3, 0.4) is 0 Å². The van der Waals surface area contributed by atoms with Gasteiger partial charge in [0.2, 0.25) is 5.91 Å². The minimum absolute atomic E-state index is 0.0282. The third kappa shape index (κ3) is 4.83. The predicted octanol–water partition coefficient (Wildman–Crippen LogP) is 3.80. The van der Waals surface area contributed by atoms with E-state index in [1.165, 1.54) is 0 Å². The number of thiophene rings is 1. The summed E-state index contributed by atoms with van der Waals surface area (Å²) >= 11 is 1.58. The Morgan fingerprint density at radius 3 is 2.52 bits per heavy atom. The average molecular weight is 382 g/mol. The number of hydrogen-bond acceptors (Lipinski definition) is 4. The molecule has 140 valence electrons. The van der Waals surface area contributed by atoms with E-state index in [9.17, 15) is 9.59 Å². The molecule has 1 aromatic carbocycles. The first kappa shape index (κ1) is 18.8. The molecule has 0 aliphatic carbocycles. The summed E-state index contributed by atoms with van der Waals surface area (Å²) in [5.41, 5.74) is 2.54. The molecule has 3 N–H and O–H groups in total. The number of aromatic amines is 1. The van der Waals surface area contributed by atoms with Gasteiger partial charge in [0, 0.05) is 11.6 Å². The van der Waals surface area contributed by atoms with Gasteiger partial charge in [-0.05, 0) is 34.6 Å². The Bertz CT molecular complexity index is 922. The zero-order valence-electron chi connectivity index (χ0n) is 15.5. The van der Waals surface area contributed by atoms with E-state index in [1.54, 1.807) is 29.5 Å². The van der Waals surface area contributed by atoms with Crippen LogP contribution in [0.25, 0.3) is 10.6 Å². The summed E-state index contributed by atoms with van der Waals surface area (Å²) in [4.78, 5) is 25.3. The molecule has 0 unspecified atom stereocenters. The second kappa shape index (κ2) is 7.75. The second-order valence-corrected chi connectivity index (χ2v) is 8.15. The van der Waals surface area contributed by atoms with Gasteiger partial charge in [0.05, 0.1) is 17.1 Å². The molecular formula is C20H22N4O2S. The maximum atomic E-state index is 12.2. The van der Waals surface area contributed by atoms with Gasteiger partial charge in [-0.15, -0.1) is 11.3 Å². The van der Waals surface area contributed by atoms with E-state index >= 15 is 0 Å². The first-order valence-electron chi connectivity index (χ1n) is 8.61. The molecule has 7 heteroatoms. The Balaban J connectivity index is 1.52. The van der Waals surface area contributed by atoms with Crippen LogP contribution in [-0.2, 0) is 10.2 Å². The minimum Gasteiger partial charge on any atom is -0.343 e. The van der Waals surface area contributed by atoms with E-state index in [1.807, 2.05) is 29.6 Å². The van der Waals surface area contributed by atoms with Crippen molar-refractivity contribution < 1.29 is 9.59 Å². The fourth-order valence-corrected chi connectivity index (χ4v) is 3.21. The van der Waals surface area contributed by atoms with E-state index < -0.39 is 0 Å². The Hall–Kier alpha value is -2.93. The number of carbonyl (C=O) groups is 2. The lowest BCUT2D eigenvalue weighted by Crippen LogP contribution is -2.33. The number of H-pyrrole nitrogens is 1. The molecule has 0 aliphatic rings. The molecule has 0 spiro atoms. The molecule has 2 amide bonds. The zero-order chi connectivity index (χ0) is 19.4. The number of hydrogen-bond donors (Lipinski definition) is 3. The van der Waals surface area contributed by atoms with Gasteiger partial charge in [-0.1, -0.05) is 39.0 Å². The van der Waals surface area contributed by atoms with Gasteiger partial charge in [0.25, 0.3) is 5.91 Å². The predicted molar refractivity (Wildman–Crippen MR) is 108 cm³/mol. The topological polar surface area (TPSA) is 86.9 Å². The van der Waals surface area contributed by atoms with Gasteiger partial charge in [-0.2, -0.15) is 5.10 Å². The lowest BCUT2D eigenvalue weighted by molar-refractivity contribution is -0.115. The molecule has 2 aromatic heterocycles. The van der Waals surface area contributed by atoms with Crippen molar-refractivity contribution >= 4 is 29.0 Å². The molecule has 0 fully saturated rings. The monoisotopic (exact) mass is 382 g/mol. The van der Waals surface area contributed by atoms with Crippen LogP contribution in [0.1, 0.15) is 36.7 Å². The van der Waals surface area contributed by atoms with Gasteiger partial charge < -0.3 is 10.6 Å². The van der Waals surface area contributed by atoms with Gasteiger partial charge in [-0.25, -0.2) is 0 Å². The van der Waals surface area contributed by atoms with Gasteiger partial charge in [0.1, 0.15) is 0 Å². The standard InChI is InChI=1S/C20H22N4O2S/c1-20(2,3)14-8-6-13(7-9-14)19(26)21-12-18(25)22-17-11-15(23-24-17)16-5-4-10-27-16/h4-11H,12H2,1-3H3,(H,21,26)(H2,22,23,24,25). The summed E-state index contributed by atoms with van der Waals surface area (Å²) in [6.07, 6.45) is 0. The quantitative estimate of drug-likeness (QED) is 0.627. The second-order valence-electron chi connectivity index (χ2n) is 7.20. The summed E-state index contributed by atoms with van der Waals surface area (Å²) < 4.78 is 0. The summed E-state index contributed by atoms with van der Waals surface area (Å²) in [6.45, 7) is 6.23. The zero-order valence-corrected chi connectivity index (χ0v) is 16.3. The number of rotatable bonds is 5. The molecule has 0 radical (unpaired) electrons. The molecule has 0 atom stereocenters. The Morgan fingerprint density at radius 1 is 1.15 bits per heavy atom. The molecule has 3 aromatic rings. The van der Waals surface area contributed by atoms with Crippen LogP contribution in [0.4, 0.5) is 5.82 Å². The van der Waals surface area contributed by atoms with Crippen molar-refractivity contribution in [3.8, 4) is 10.6 Å². The van der Waals surface area contributed by atoms with E-state index in [-0.39, 0.29) is 23.8 Å². The maximum Gasteiger partial charge on any atom is 0.251 e. The summed E-state index contributed by atoms with van der Waals surface area (Å²) in [5.74, 6) is -0.196. The normalized spacial score (nSPS) is 11.2. The van der Waals surface area contributed by atoms with Crippen molar-refractivity contribution in [2.45, 2.75) is 26.2 Å². The largest absolute Gasteiger partial charge is 0.343 e. The first-order valence-corrected chi connectivity index (χ1v) is 9.49. The smallest absolute Gasteiger partial charge is 0.251 e. The number of amides is 2. The molecule has 3 rings (SSSR count). The molecule has 0 aliphatic heterocycles. The van der Waals surface area contributed by atoms with Crippen LogP contribution in [0.5, 0.6) is 0 Å². The van der Waals surface area contributed by atoms with Gasteiger partial charge in [0.15, 0.2) is 5.82 Å². The first-order chi connectivity index (χ1) is 12.8. The molecule has 6 nitrogen and oxygen atoms in total. The lowest BCUT2D eigenvalue weighted by Gasteiger charge is -2.19. The van der Waals surface area contributed by atoms with E-state index in [2.05, 4.69) is 41.6 Å². The molecular weight excluding hydrogens is 360 g/mol. The number of nitrogens with one attached hydrogen (secondary N) is 3. The summed E-state index contributed by atoms with van der Waals surface area (Å²) in [7, 11) is 0. The van der Waals surface area contributed by atoms with Crippen molar-refractivity contribution in [3.63, 3.8) is 0 Å². The number of aromatic nitrogens is 2. The summed E-state index contributed by atoms with van der Waals surface area (Å²) in [5, 5.41) is 14.2. The Morgan fingerprint density at radius 2 is 1.89 bits per heavy atom. The fourth-order valence-electron chi connectivity index (χ4n) is 2.52.